The van der Waals surface area contributed by atoms with Crippen molar-refractivity contribution in [1.82, 2.24) is 9.78 Å². The molecule has 0 radical (unpaired) electrons. The summed E-state index contributed by atoms with van der Waals surface area (Å²) in [7, 11) is -0.162. The fourth-order valence-corrected chi connectivity index (χ4v) is 4.81. The van der Waals surface area contributed by atoms with Gasteiger partial charge in [0.2, 0.25) is 0 Å². The van der Waals surface area contributed by atoms with Crippen LogP contribution in [0.1, 0.15) is 44.1 Å². The van der Waals surface area contributed by atoms with Crippen molar-refractivity contribution in [3.63, 3.8) is 0 Å². The van der Waals surface area contributed by atoms with Gasteiger partial charge in [0.1, 0.15) is 11.4 Å². The Morgan fingerprint density at radius 2 is 1.71 bits per heavy atom. The number of benzene rings is 2. The highest BCUT2D eigenvalue weighted by atomic mass is 32.2. The number of ketones is 1. The second kappa shape index (κ2) is 10.9. The predicted molar refractivity (Wildman–Crippen MR) is 144 cm³/mol. The van der Waals surface area contributed by atoms with Crippen LogP contribution in [0.5, 0.6) is 5.75 Å². The maximum atomic E-state index is 13.1. The SMILES string of the molecule is COc1ccc(-n2nc(C(=O)CCCO[Si](C)(C)C(C)(C)C)cc2-c2ccc(SC)cc2)cc1. The minimum atomic E-state index is -1.81. The molecular weight excluding hydrogens is 460 g/mol. The van der Waals surface area contributed by atoms with Crippen molar-refractivity contribution >= 4 is 25.9 Å². The fourth-order valence-electron chi connectivity index (χ4n) is 3.31. The predicted octanol–water partition coefficient (Wildman–Crippen LogP) is 7.25. The Morgan fingerprint density at radius 3 is 2.26 bits per heavy atom. The normalized spacial score (nSPS) is 12.1. The van der Waals surface area contributed by atoms with E-state index in [1.807, 2.05) is 35.0 Å². The molecule has 34 heavy (non-hydrogen) atoms. The van der Waals surface area contributed by atoms with Crippen molar-refractivity contribution < 1.29 is 14.0 Å². The monoisotopic (exact) mass is 496 g/mol. The lowest BCUT2D eigenvalue weighted by atomic mass is 10.1. The first-order valence-electron chi connectivity index (χ1n) is 11.6. The highest BCUT2D eigenvalue weighted by Crippen LogP contribution is 2.36. The molecule has 1 aromatic heterocycles. The van der Waals surface area contributed by atoms with Crippen LogP contribution < -0.4 is 4.74 Å². The first kappa shape index (κ1) is 26.3. The van der Waals surface area contributed by atoms with Gasteiger partial charge in [-0.3, -0.25) is 4.79 Å². The van der Waals surface area contributed by atoms with Gasteiger partial charge in [0.05, 0.1) is 18.5 Å². The minimum absolute atomic E-state index is 0.0353. The number of thioether (sulfide) groups is 1. The van der Waals surface area contributed by atoms with Gasteiger partial charge in [0.25, 0.3) is 0 Å². The van der Waals surface area contributed by atoms with Gasteiger partial charge in [-0.05, 0) is 73.3 Å². The van der Waals surface area contributed by atoms with E-state index in [4.69, 9.17) is 14.3 Å². The van der Waals surface area contributed by atoms with E-state index in [9.17, 15) is 4.79 Å². The molecule has 0 fully saturated rings. The highest BCUT2D eigenvalue weighted by molar-refractivity contribution is 7.98. The summed E-state index contributed by atoms with van der Waals surface area (Å²) in [5.41, 5.74) is 3.26. The molecule has 3 aromatic rings. The van der Waals surface area contributed by atoms with E-state index in [1.54, 1.807) is 18.9 Å². The third-order valence-corrected chi connectivity index (χ3v) is 11.8. The summed E-state index contributed by atoms with van der Waals surface area (Å²) in [5, 5.41) is 4.87. The first-order chi connectivity index (χ1) is 16.1. The van der Waals surface area contributed by atoms with Crippen molar-refractivity contribution in [3.8, 4) is 22.7 Å². The van der Waals surface area contributed by atoms with Crippen molar-refractivity contribution in [2.45, 2.75) is 56.6 Å². The van der Waals surface area contributed by atoms with Crippen molar-refractivity contribution in [3.05, 3.63) is 60.3 Å². The molecule has 0 saturated heterocycles. The number of nitrogens with zero attached hydrogens (tertiary/aromatic N) is 2. The van der Waals surface area contributed by atoms with Gasteiger partial charge in [0.15, 0.2) is 14.1 Å². The van der Waals surface area contributed by atoms with E-state index in [-0.39, 0.29) is 10.8 Å². The van der Waals surface area contributed by atoms with E-state index in [2.05, 4.69) is 64.4 Å². The number of Topliss-reactive ketones (excluding diaryl/α,β-unsaturated/α-hetero) is 1. The molecule has 2 aromatic carbocycles. The summed E-state index contributed by atoms with van der Waals surface area (Å²) in [5.74, 6) is 0.813. The zero-order valence-corrected chi connectivity index (χ0v) is 23.2. The Morgan fingerprint density at radius 1 is 1.06 bits per heavy atom. The molecule has 7 heteroatoms. The zero-order chi connectivity index (χ0) is 24.9. The van der Waals surface area contributed by atoms with Crippen LogP contribution in [0.3, 0.4) is 0 Å². The lowest BCUT2D eigenvalue weighted by molar-refractivity contribution is 0.0967. The Labute approximate surface area is 209 Å². The van der Waals surface area contributed by atoms with Crippen molar-refractivity contribution in [1.29, 1.82) is 0 Å². The van der Waals surface area contributed by atoms with Crippen LogP contribution in [0.15, 0.2) is 59.5 Å². The maximum Gasteiger partial charge on any atom is 0.191 e. The Kier molecular flexibility index (Phi) is 8.44. The topological polar surface area (TPSA) is 53.4 Å². The van der Waals surface area contributed by atoms with Crippen LogP contribution in [-0.4, -0.2) is 43.9 Å². The second-order valence-corrected chi connectivity index (χ2v) is 15.6. The Balaban J connectivity index is 1.82. The lowest BCUT2D eigenvalue weighted by Gasteiger charge is -2.36. The number of rotatable bonds is 10. The molecule has 1 heterocycles. The van der Waals surface area contributed by atoms with Gasteiger partial charge in [-0.2, -0.15) is 5.10 Å². The smallest absolute Gasteiger partial charge is 0.191 e. The van der Waals surface area contributed by atoms with Crippen LogP contribution >= 0.6 is 11.8 Å². The molecule has 0 aliphatic heterocycles. The summed E-state index contributed by atoms with van der Waals surface area (Å²) < 4.78 is 13.4. The molecule has 0 unspecified atom stereocenters. The summed E-state index contributed by atoms with van der Waals surface area (Å²) in [4.78, 5) is 14.2. The summed E-state index contributed by atoms with van der Waals surface area (Å²) >= 11 is 1.70. The van der Waals surface area contributed by atoms with Crippen LogP contribution in [0.2, 0.25) is 18.1 Å². The molecular formula is C27H36N2O3SSi. The third kappa shape index (κ3) is 6.20. The third-order valence-electron chi connectivity index (χ3n) is 6.52. The molecule has 0 saturated carbocycles. The molecule has 0 spiro atoms. The minimum Gasteiger partial charge on any atom is -0.497 e. The average molecular weight is 497 g/mol. The number of methoxy groups -OCH3 is 1. The molecule has 0 atom stereocenters. The van der Waals surface area contributed by atoms with Gasteiger partial charge in [-0.1, -0.05) is 32.9 Å². The molecule has 0 aliphatic carbocycles. The van der Waals surface area contributed by atoms with Gasteiger partial charge in [-0.25, -0.2) is 4.68 Å². The molecule has 0 amide bonds. The second-order valence-electron chi connectivity index (χ2n) is 9.89. The number of hydrogen-bond donors (Lipinski definition) is 0. The molecule has 0 aliphatic rings. The summed E-state index contributed by atoms with van der Waals surface area (Å²) in [6.45, 7) is 11.8. The average Bonchev–Trinajstić information content (AvgIpc) is 3.26. The van der Waals surface area contributed by atoms with Crippen molar-refractivity contribution in [2.24, 2.45) is 0 Å². The molecule has 0 N–H and O–H groups in total. The van der Waals surface area contributed by atoms with Gasteiger partial charge in [0, 0.05) is 23.5 Å². The maximum absolute atomic E-state index is 13.1. The van der Waals surface area contributed by atoms with Crippen molar-refractivity contribution in [2.75, 3.05) is 20.0 Å². The number of carbonyl (C=O) groups excluding carboxylic acids is 1. The van der Waals surface area contributed by atoms with E-state index >= 15 is 0 Å². The Bertz CT molecular complexity index is 1040. The number of hydrogen-bond acceptors (Lipinski definition) is 5. The Hall–Kier alpha value is -2.35. The van der Waals surface area contributed by atoms with Gasteiger partial charge < -0.3 is 9.16 Å². The molecule has 0 bridgehead atoms. The molecule has 182 valence electrons. The largest absolute Gasteiger partial charge is 0.497 e. The summed E-state index contributed by atoms with van der Waals surface area (Å²) in [6.07, 6.45) is 3.17. The van der Waals surface area contributed by atoms with Crippen LogP contribution in [0, 0.1) is 0 Å². The van der Waals surface area contributed by atoms with Crippen LogP contribution in [0.25, 0.3) is 16.9 Å². The zero-order valence-electron chi connectivity index (χ0n) is 21.3. The standard InChI is InChI=1S/C27H36N2O3SSi/c1-27(2,3)34(6,7)32-18-8-9-26(30)24-19-25(20-10-16-23(33-5)17-11-20)29(28-24)21-12-14-22(31-4)15-13-21/h10-17,19H,8-9,18H2,1-7H3. The number of carbonyl (C=O) groups is 1. The van der Waals surface area contributed by atoms with Crippen LogP contribution in [-0.2, 0) is 4.43 Å². The van der Waals surface area contributed by atoms with E-state index in [0.29, 0.717) is 25.1 Å². The van der Waals surface area contributed by atoms with E-state index < -0.39 is 8.32 Å². The van der Waals surface area contributed by atoms with E-state index in [0.717, 1.165) is 22.7 Å². The van der Waals surface area contributed by atoms with Gasteiger partial charge in [-0.15, -0.1) is 11.8 Å². The first-order valence-corrected chi connectivity index (χ1v) is 15.7. The number of aromatic nitrogens is 2. The van der Waals surface area contributed by atoms with Crippen LogP contribution in [0.4, 0.5) is 0 Å². The van der Waals surface area contributed by atoms with E-state index in [1.165, 1.54) is 4.90 Å². The molecule has 5 nitrogen and oxygen atoms in total. The van der Waals surface area contributed by atoms with Gasteiger partial charge >= 0.3 is 0 Å². The summed E-state index contributed by atoms with van der Waals surface area (Å²) in [6, 6.07) is 17.9. The highest BCUT2D eigenvalue weighted by Gasteiger charge is 2.36. The molecule has 3 rings (SSSR count). The lowest BCUT2D eigenvalue weighted by Crippen LogP contribution is -2.41. The quantitative estimate of drug-likeness (QED) is 0.128. The number of ether oxygens (including phenoxy) is 1. The fraction of sp³-hybridized carbons (Fsp3) is 0.407.